The van der Waals surface area contributed by atoms with E-state index < -0.39 is 0 Å². The molecule has 0 aliphatic carbocycles. The first-order valence-electron chi connectivity index (χ1n) is 10.3. The van der Waals surface area contributed by atoms with E-state index in [-0.39, 0.29) is 11.7 Å². The van der Waals surface area contributed by atoms with Gasteiger partial charge in [0.1, 0.15) is 5.82 Å². The minimum Gasteiger partial charge on any atom is -0.493 e. The van der Waals surface area contributed by atoms with Gasteiger partial charge < -0.3 is 14.8 Å². The number of hydrogen-bond donors (Lipinski definition) is 1. The minimum absolute atomic E-state index is 0.0236. The van der Waals surface area contributed by atoms with Crippen molar-refractivity contribution in [3.8, 4) is 11.5 Å². The van der Waals surface area contributed by atoms with Crippen LogP contribution >= 0.6 is 11.6 Å². The van der Waals surface area contributed by atoms with E-state index in [1.807, 2.05) is 18.2 Å². The lowest BCUT2D eigenvalue weighted by atomic mass is 10.1. The van der Waals surface area contributed by atoms with E-state index in [0.29, 0.717) is 36.2 Å². The number of hydrogen-bond acceptors (Lipinski definition) is 5. The molecule has 168 valence electrons. The smallest absolute Gasteiger partial charge is 0.234 e. The summed E-state index contributed by atoms with van der Waals surface area (Å²) in [6.45, 7) is 4.93. The van der Waals surface area contributed by atoms with Gasteiger partial charge in [0.2, 0.25) is 5.91 Å². The summed E-state index contributed by atoms with van der Waals surface area (Å²) in [7, 11) is 3.22. The Morgan fingerprint density at radius 1 is 1.03 bits per heavy atom. The maximum absolute atomic E-state index is 13.2. The molecule has 1 N–H and O–H groups in total. The van der Waals surface area contributed by atoms with Crippen LogP contribution in [-0.4, -0.2) is 69.2 Å². The summed E-state index contributed by atoms with van der Waals surface area (Å²) in [6.07, 6.45) is 0.721. The molecule has 2 aromatic rings. The Hall–Kier alpha value is -2.35. The third kappa shape index (κ3) is 6.82. The van der Waals surface area contributed by atoms with Gasteiger partial charge in [-0.05, 0) is 41.8 Å². The van der Waals surface area contributed by atoms with Gasteiger partial charge in [-0.25, -0.2) is 4.39 Å². The molecule has 0 aromatic heterocycles. The van der Waals surface area contributed by atoms with Crippen LogP contribution in [0.2, 0.25) is 5.02 Å². The maximum Gasteiger partial charge on any atom is 0.234 e. The number of carbonyl (C=O) groups is 1. The van der Waals surface area contributed by atoms with Crippen LogP contribution in [0.15, 0.2) is 36.4 Å². The average molecular weight is 450 g/mol. The van der Waals surface area contributed by atoms with Gasteiger partial charge in [-0.2, -0.15) is 0 Å². The lowest BCUT2D eigenvalue weighted by Crippen LogP contribution is -2.49. The molecule has 0 saturated carbocycles. The normalized spacial score (nSPS) is 15.0. The molecule has 1 fully saturated rings. The molecule has 8 heteroatoms. The van der Waals surface area contributed by atoms with E-state index in [9.17, 15) is 9.18 Å². The molecule has 3 rings (SSSR count). The Morgan fingerprint density at radius 3 is 2.42 bits per heavy atom. The van der Waals surface area contributed by atoms with Crippen molar-refractivity contribution in [3.63, 3.8) is 0 Å². The molecule has 1 aliphatic rings. The Bertz CT molecular complexity index is 888. The van der Waals surface area contributed by atoms with Crippen LogP contribution in [0, 0.1) is 5.82 Å². The molecular weight excluding hydrogens is 421 g/mol. The topological polar surface area (TPSA) is 54.0 Å². The Labute approximate surface area is 187 Å². The molecule has 0 bridgehead atoms. The second-order valence-corrected chi connectivity index (χ2v) is 7.98. The Balaban J connectivity index is 1.37. The molecular formula is C23H29ClFN3O3. The molecule has 1 aliphatic heterocycles. The van der Waals surface area contributed by atoms with Crippen molar-refractivity contribution < 1.29 is 18.7 Å². The SMILES string of the molecule is COc1ccc(CCNC(=O)CN2CCN(Cc3ccc(F)cc3Cl)CC2)cc1OC. The van der Waals surface area contributed by atoms with Gasteiger partial charge in [0.25, 0.3) is 0 Å². The summed E-state index contributed by atoms with van der Waals surface area (Å²) in [5, 5.41) is 3.44. The van der Waals surface area contributed by atoms with Gasteiger partial charge in [-0.3, -0.25) is 14.6 Å². The van der Waals surface area contributed by atoms with Crippen molar-refractivity contribution in [2.45, 2.75) is 13.0 Å². The fourth-order valence-corrected chi connectivity index (χ4v) is 3.86. The zero-order chi connectivity index (χ0) is 22.2. The average Bonchev–Trinajstić information content (AvgIpc) is 2.76. The van der Waals surface area contributed by atoms with Crippen molar-refractivity contribution in [2.75, 3.05) is 53.5 Å². The standard InChI is InChI=1S/C23H29ClFN3O3/c1-30-21-6-3-17(13-22(21)31-2)7-8-26-23(29)16-28-11-9-27(10-12-28)15-18-4-5-19(25)14-20(18)24/h3-6,13-14H,7-12,15-16H2,1-2H3,(H,26,29). The molecule has 2 aromatic carbocycles. The van der Waals surface area contributed by atoms with Crippen LogP contribution in [0.3, 0.4) is 0 Å². The highest BCUT2D eigenvalue weighted by Gasteiger charge is 2.19. The van der Waals surface area contributed by atoms with Gasteiger partial charge in [0, 0.05) is 44.3 Å². The number of methoxy groups -OCH3 is 2. The van der Waals surface area contributed by atoms with Gasteiger partial charge in [0.05, 0.1) is 20.8 Å². The summed E-state index contributed by atoms with van der Waals surface area (Å²) < 4.78 is 23.8. The zero-order valence-corrected chi connectivity index (χ0v) is 18.8. The third-order valence-corrected chi connectivity index (χ3v) is 5.78. The van der Waals surface area contributed by atoms with Gasteiger partial charge in [0.15, 0.2) is 11.5 Å². The van der Waals surface area contributed by atoms with E-state index >= 15 is 0 Å². The number of rotatable bonds is 9. The summed E-state index contributed by atoms with van der Waals surface area (Å²) in [5.74, 6) is 1.08. The first-order chi connectivity index (χ1) is 15.0. The molecule has 1 heterocycles. The van der Waals surface area contributed by atoms with E-state index in [1.165, 1.54) is 12.1 Å². The molecule has 0 atom stereocenters. The zero-order valence-electron chi connectivity index (χ0n) is 18.0. The minimum atomic E-state index is -0.323. The predicted octanol–water partition coefficient (Wildman–Crippen LogP) is 2.97. The molecule has 0 spiro atoms. The fourth-order valence-electron chi connectivity index (χ4n) is 3.64. The Kier molecular flexibility index (Phi) is 8.51. The van der Waals surface area contributed by atoms with Crippen LogP contribution in [0.1, 0.15) is 11.1 Å². The van der Waals surface area contributed by atoms with Crippen molar-refractivity contribution in [2.24, 2.45) is 0 Å². The van der Waals surface area contributed by atoms with Crippen molar-refractivity contribution in [3.05, 3.63) is 58.4 Å². The number of nitrogens with one attached hydrogen (secondary N) is 1. The molecule has 0 radical (unpaired) electrons. The van der Waals surface area contributed by atoms with Crippen LogP contribution in [-0.2, 0) is 17.8 Å². The van der Waals surface area contributed by atoms with E-state index in [0.717, 1.165) is 43.7 Å². The highest BCUT2D eigenvalue weighted by Crippen LogP contribution is 2.27. The fraction of sp³-hybridized carbons (Fsp3) is 0.435. The largest absolute Gasteiger partial charge is 0.493 e. The second-order valence-electron chi connectivity index (χ2n) is 7.58. The summed E-state index contributed by atoms with van der Waals surface area (Å²) in [5.41, 5.74) is 2.00. The molecule has 1 saturated heterocycles. The van der Waals surface area contributed by atoms with Crippen molar-refractivity contribution >= 4 is 17.5 Å². The van der Waals surface area contributed by atoms with Crippen molar-refractivity contribution in [1.82, 2.24) is 15.1 Å². The van der Waals surface area contributed by atoms with Gasteiger partial charge in [-0.15, -0.1) is 0 Å². The lowest BCUT2D eigenvalue weighted by molar-refractivity contribution is -0.122. The van der Waals surface area contributed by atoms with Crippen LogP contribution < -0.4 is 14.8 Å². The lowest BCUT2D eigenvalue weighted by Gasteiger charge is -2.34. The van der Waals surface area contributed by atoms with Crippen LogP contribution in [0.4, 0.5) is 4.39 Å². The number of piperazine rings is 1. The van der Waals surface area contributed by atoms with Gasteiger partial charge >= 0.3 is 0 Å². The summed E-state index contributed by atoms with van der Waals surface area (Å²) in [4.78, 5) is 16.7. The number of benzene rings is 2. The molecule has 0 unspecified atom stereocenters. The Morgan fingerprint density at radius 2 is 1.74 bits per heavy atom. The third-order valence-electron chi connectivity index (χ3n) is 5.42. The molecule has 6 nitrogen and oxygen atoms in total. The van der Waals surface area contributed by atoms with Crippen LogP contribution in [0.25, 0.3) is 0 Å². The predicted molar refractivity (Wildman–Crippen MR) is 119 cm³/mol. The number of carbonyl (C=O) groups excluding carboxylic acids is 1. The number of ether oxygens (including phenoxy) is 2. The molecule has 1 amide bonds. The monoisotopic (exact) mass is 449 g/mol. The van der Waals surface area contributed by atoms with Crippen molar-refractivity contribution in [1.29, 1.82) is 0 Å². The highest BCUT2D eigenvalue weighted by molar-refractivity contribution is 6.31. The van der Waals surface area contributed by atoms with Crippen LogP contribution in [0.5, 0.6) is 11.5 Å². The second kappa shape index (κ2) is 11.3. The first kappa shape index (κ1) is 23.3. The highest BCUT2D eigenvalue weighted by atomic mass is 35.5. The van der Waals surface area contributed by atoms with Gasteiger partial charge in [-0.1, -0.05) is 23.7 Å². The maximum atomic E-state index is 13.2. The summed E-state index contributed by atoms with van der Waals surface area (Å²) >= 11 is 6.13. The number of amides is 1. The number of halogens is 2. The van der Waals surface area contributed by atoms with E-state index in [4.69, 9.17) is 21.1 Å². The van der Waals surface area contributed by atoms with E-state index in [1.54, 1.807) is 20.3 Å². The summed E-state index contributed by atoms with van der Waals surface area (Å²) in [6, 6.07) is 10.3. The number of nitrogens with zero attached hydrogens (tertiary/aromatic N) is 2. The quantitative estimate of drug-likeness (QED) is 0.638. The molecule has 31 heavy (non-hydrogen) atoms. The first-order valence-corrected chi connectivity index (χ1v) is 10.7. The van der Waals surface area contributed by atoms with E-state index in [2.05, 4.69) is 15.1 Å².